The molecule has 1 saturated heterocycles. The van der Waals surface area contributed by atoms with Gasteiger partial charge in [-0.3, -0.25) is 4.99 Å². The Balaban J connectivity index is 1.52. The topological polar surface area (TPSA) is 46.1 Å². The van der Waals surface area contributed by atoms with Crippen LogP contribution in [-0.2, 0) is 16.1 Å². The summed E-state index contributed by atoms with van der Waals surface area (Å²) in [4.78, 5) is 6.56. The van der Waals surface area contributed by atoms with E-state index in [-0.39, 0.29) is 0 Å². The van der Waals surface area contributed by atoms with Crippen molar-refractivity contribution in [2.75, 3.05) is 47.0 Å². The molecule has 0 amide bonds. The lowest BCUT2D eigenvalue weighted by molar-refractivity contribution is 0.117. The van der Waals surface area contributed by atoms with Crippen molar-refractivity contribution < 1.29 is 9.47 Å². The fourth-order valence-corrected chi connectivity index (χ4v) is 2.88. The maximum atomic E-state index is 5.71. The van der Waals surface area contributed by atoms with Crippen molar-refractivity contribution >= 4 is 5.96 Å². The molecule has 1 aliphatic rings. The second-order valence-electron chi connectivity index (χ2n) is 6.33. The van der Waals surface area contributed by atoms with Crippen molar-refractivity contribution in [3.05, 3.63) is 35.9 Å². The van der Waals surface area contributed by atoms with Gasteiger partial charge in [0.25, 0.3) is 0 Å². The Bertz CT molecular complexity index is 473. The zero-order valence-electron chi connectivity index (χ0n) is 15.0. The smallest absolute Gasteiger partial charge is 0.193 e. The molecule has 0 aliphatic carbocycles. The van der Waals surface area contributed by atoms with Crippen LogP contribution in [0.1, 0.15) is 24.8 Å². The molecule has 5 heteroatoms. The third-order valence-electron chi connectivity index (χ3n) is 4.24. The van der Waals surface area contributed by atoms with E-state index in [1.54, 1.807) is 0 Å². The van der Waals surface area contributed by atoms with Crippen molar-refractivity contribution in [2.45, 2.75) is 25.9 Å². The summed E-state index contributed by atoms with van der Waals surface area (Å²) < 4.78 is 11.1. The Labute approximate surface area is 146 Å². The number of nitrogens with zero attached hydrogens (tertiary/aromatic N) is 2. The Morgan fingerprint density at radius 1 is 1.33 bits per heavy atom. The summed E-state index contributed by atoms with van der Waals surface area (Å²) >= 11 is 0. The summed E-state index contributed by atoms with van der Waals surface area (Å²) in [5.74, 6) is 1.59. The van der Waals surface area contributed by atoms with Gasteiger partial charge in [-0.25, -0.2) is 0 Å². The molecule has 0 bridgehead atoms. The van der Waals surface area contributed by atoms with E-state index < -0.39 is 0 Å². The first kappa shape index (κ1) is 18.7. The standard InChI is InChI=1S/C19H31N3O2/c1-20-19(22(2)14-18-10-13-24-16-18)21-11-6-7-12-23-15-17-8-4-3-5-9-17/h3-5,8-9,18H,6-7,10-16H2,1-2H3,(H,20,21). The minimum atomic E-state index is 0.625. The highest BCUT2D eigenvalue weighted by molar-refractivity contribution is 5.79. The maximum absolute atomic E-state index is 5.71. The van der Waals surface area contributed by atoms with E-state index in [4.69, 9.17) is 9.47 Å². The van der Waals surface area contributed by atoms with Gasteiger partial charge >= 0.3 is 0 Å². The van der Waals surface area contributed by atoms with Crippen LogP contribution in [0.5, 0.6) is 0 Å². The second-order valence-corrected chi connectivity index (χ2v) is 6.33. The van der Waals surface area contributed by atoms with E-state index in [1.165, 1.54) is 5.56 Å². The van der Waals surface area contributed by atoms with E-state index in [2.05, 4.69) is 34.4 Å². The van der Waals surface area contributed by atoms with Gasteiger partial charge in [-0.2, -0.15) is 0 Å². The third kappa shape index (κ3) is 6.89. The van der Waals surface area contributed by atoms with Crippen LogP contribution in [-0.4, -0.2) is 57.9 Å². The molecule has 1 fully saturated rings. The Morgan fingerprint density at radius 3 is 2.88 bits per heavy atom. The van der Waals surface area contributed by atoms with Crippen LogP contribution < -0.4 is 5.32 Å². The van der Waals surface area contributed by atoms with Crippen LogP contribution in [0.2, 0.25) is 0 Å². The number of ether oxygens (including phenoxy) is 2. The lowest BCUT2D eigenvalue weighted by Crippen LogP contribution is -2.41. The fourth-order valence-electron chi connectivity index (χ4n) is 2.88. The number of benzene rings is 1. The first-order valence-electron chi connectivity index (χ1n) is 8.91. The van der Waals surface area contributed by atoms with Gasteiger partial charge in [-0.05, 0) is 24.8 Å². The largest absolute Gasteiger partial charge is 0.381 e. The van der Waals surface area contributed by atoms with Crippen molar-refractivity contribution in [1.29, 1.82) is 0 Å². The highest BCUT2D eigenvalue weighted by atomic mass is 16.5. The number of hydrogen-bond acceptors (Lipinski definition) is 3. The summed E-state index contributed by atoms with van der Waals surface area (Å²) in [5, 5.41) is 3.43. The first-order chi connectivity index (χ1) is 11.8. The average molecular weight is 333 g/mol. The van der Waals surface area contributed by atoms with Crippen LogP contribution in [0.25, 0.3) is 0 Å². The number of unbranched alkanes of at least 4 members (excludes halogenated alkanes) is 1. The number of aliphatic imine (C=N–C) groups is 1. The Hall–Kier alpha value is -1.59. The third-order valence-corrected chi connectivity index (χ3v) is 4.24. The summed E-state index contributed by atoms with van der Waals surface area (Å²) in [5.41, 5.74) is 1.23. The maximum Gasteiger partial charge on any atom is 0.193 e. The zero-order chi connectivity index (χ0) is 17.0. The van der Waals surface area contributed by atoms with Gasteiger partial charge in [0.2, 0.25) is 0 Å². The zero-order valence-corrected chi connectivity index (χ0v) is 15.0. The van der Waals surface area contributed by atoms with Crippen molar-refractivity contribution in [1.82, 2.24) is 10.2 Å². The van der Waals surface area contributed by atoms with Crippen LogP contribution in [0, 0.1) is 5.92 Å². The molecular formula is C19H31N3O2. The molecule has 1 unspecified atom stereocenters. The van der Waals surface area contributed by atoms with E-state index in [0.29, 0.717) is 12.5 Å². The van der Waals surface area contributed by atoms with Gasteiger partial charge < -0.3 is 19.7 Å². The average Bonchev–Trinajstić information content (AvgIpc) is 3.11. The normalized spacial score (nSPS) is 17.9. The number of rotatable bonds is 9. The lowest BCUT2D eigenvalue weighted by atomic mass is 10.1. The van der Waals surface area contributed by atoms with Gasteiger partial charge in [0.1, 0.15) is 0 Å². The van der Waals surface area contributed by atoms with E-state index in [1.807, 2.05) is 25.2 Å². The van der Waals surface area contributed by atoms with Crippen LogP contribution in [0.4, 0.5) is 0 Å². The Morgan fingerprint density at radius 2 is 2.17 bits per heavy atom. The SMILES string of the molecule is CN=C(NCCCCOCc1ccccc1)N(C)CC1CCOC1. The molecule has 1 aromatic rings. The molecule has 5 nitrogen and oxygen atoms in total. The molecule has 1 aromatic carbocycles. The molecule has 24 heavy (non-hydrogen) atoms. The Kier molecular flexibility index (Phi) is 8.63. The molecule has 0 spiro atoms. The number of nitrogens with one attached hydrogen (secondary N) is 1. The van der Waals surface area contributed by atoms with Crippen LogP contribution in [0.15, 0.2) is 35.3 Å². The van der Waals surface area contributed by atoms with Crippen LogP contribution >= 0.6 is 0 Å². The molecule has 1 aliphatic heterocycles. The summed E-state index contributed by atoms with van der Waals surface area (Å²) in [7, 11) is 3.93. The molecule has 134 valence electrons. The van der Waals surface area contributed by atoms with Crippen molar-refractivity contribution in [3.8, 4) is 0 Å². The van der Waals surface area contributed by atoms with Crippen LogP contribution in [0.3, 0.4) is 0 Å². The highest BCUT2D eigenvalue weighted by Crippen LogP contribution is 2.13. The minimum absolute atomic E-state index is 0.625. The first-order valence-corrected chi connectivity index (χ1v) is 8.91. The van der Waals surface area contributed by atoms with Gasteiger partial charge in [-0.15, -0.1) is 0 Å². The van der Waals surface area contributed by atoms with E-state index in [0.717, 1.165) is 58.1 Å². The molecular weight excluding hydrogens is 302 g/mol. The van der Waals surface area contributed by atoms with Gasteiger partial charge in [0.05, 0.1) is 13.2 Å². The summed E-state index contributed by atoms with van der Waals surface area (Å²) in [6.07, 6.45) is 3.28. The number of hydrogen-bond donors (Lipinski definition) is 1. The lowest BCUT2D eigenvalue weighted by Gasteiger charge is -2.24. The fraction of sp³-hybridized carbons (Fsp3) is 0.632. The predicted molar refractivity (Wildman–Crippen MR) is 98.2 cm³/mol. The summed E-state index contributed by atoms with van der Waals surface area (Å²) in [6, 6.07) is 10.3. The molecule has 0 aromatic heterocycles. The van der Waals surface area contributed by atoms with Gasteiger partial charge in [0, 0.05) is 46.3 Å². The molecule has 2 rings (SSSR count). The minimum Gasteiger partial charge on any atom is -0.381 e. The van der Waals surface area contributed by atoms with Crippen molar-refractivity contribution in [3.63, 3.8) is 0 Å². The molecule has 1 atom stereocenters. The van der Waals surface area contributed by atoms with Crippen molar-refractivity contribution in [2.24, 2.45) is 10.9 Å². The number of guanidine groups is 1. The van der Waals surface area contributed by atoms with E-state index >= 15 is 0 Å². The van der Waals surface area contributed by atoms with Gasteiger partial charge in [0.15, 0.2) is 5.96 Å². The van der Waals surface area contributed by atoms with Gasteiger partial charge in [-0.1, -0.05) is 30.3 Å². The molecule has 1 heterocycles. The summed E-state index contributed by atoms with van der Waals surface area (Å²) in [6.45, 7) is 5.19. The molecule has 0 radical (unpaired) electrons. The van der Waals surface area contributed by atoms with E-state index in [9.17, 15) is 0 Å². The predicted octanol–water partition coefficient (Wildman–Crippen LogP) is 2.53. The molecule has 0 saturated carbocycles. The molecule has 1 N–H and O–H groups in total. The quantitative estimate of drug-likeness (QED) is 0.428. The monoisotopic (exact) mass is 333 g/mol. The highest BCUT2D eigenvalue weighted by Gasteiger charge is 2.18. The second kappa shape index (κ2) is 11.0.